The van der Waals surface area contributed by atoms with Crippen molar-refractivity contribution in [3.05, 3.63) is 77.6 Å². The molecule has 0 spiro atoms. The highest BCUT2D eigenvalue weighted by Crippen LogP contribution is 2.18. The SMILES string of the molecule is Cc1ccnn1-c1cc(F)cc(C(=O)NNSc2ccccc2F)c1. The first-order valence-corrected chi connectivity index (χ1v) is 8.14. The Hall–Kier alpha value is -2.71. The summed E-state index contributed by atoms with van der Waals surface area (Å²) in [6, 6.07) is 11.8. The Morgan fingerprint density at radius 2 is 1.96 bits per heavy atom. The van der Waals surface area contributed by atoms with Gasteiger partial charge in [-0.3, -0.25) is 10.2 Å². The lowest BCUT2D eigenvalue weighted by molar-refractivity contribution is 0.0946. The third-order valence-corrected chi connectivity index (χ3v) is 4.14. The number of hydrazine groups is 1. The van der Waals surface area contributed by atoms with E-state index in [4.69, 9.17) is 0 Å². The van der Waals surface area contributed by atoms with Gasteiger partial charge in [-0.1, -0.05) is 12.1 Å². The number of nitrogens with zero attached hydrogens (tertiary/aromatic N) is 2. The van der Waals surface area contributed by atoms with E-state index in [1.807, 2.05) is 6.92 Å². The van der Waals surface area contributed by atoms with Gasteiger partial charge in [0.1, 0.15) is 11.6 Å². The number of benzene rings is 2. The van der Waals surface area contributed by atoms with E-state index in [2.05, 4.69) is 15.4 Å². The van der Waals surface area contributed by atoms with E-state index >= 15 is 0 Å². The molecule has 0 radical (unpaired) electrons. The van der Waals surface area contributed by atoms with Crippen LogP contribution in [-0.4, -0.2) is 15.7 Å². The molecule has 1 aromatic heterocycles. The number of halogens is 2. The lowest BCUT2D eigenvalue weighted by Gasteiger charge is -2.10. The van der Waals surface area contributed by atoms with Gasteiger partial charge in [0.25, 0.3) is 5.91 Å². The van der Waals surface area contributed by atoms with Crippen molar-refractivity contribution in [1.29, 1.82) is 0 Å². The van der Waals surface area contributed by atoms with Crippen molar-refractivity contribution in [2.45, 2.75) is 11.8 Å². The van der Waals surface area contributed by atoms with Crippen molar-refractivity contribution in [1.82, 2.24) is 20.0 Å². The molecule has 3 rings (SSSR count). The van der Waals surface area contributed by atoms with Crippen molar-refractivity contribution in [3.8, 4) is 5.69 Å². The summed E-state index contributed by atoms with van der Waals surface area (Å²) in [7, 11) is 0. The van der Waals surface area contributed by atoms with Gasteiger partial charge < -0.3 is 0 Å². The van der Waals surface area contributed by atoms with Crippen LogP contribution in [0.25, 0.3) is 5.69 Å². The van der Waals surface area contributed by atoms with Crippen molar-refractivity contribution >= 4 is 17.9 Å². The number of carbonyl (C=O) groups is 1. The van der Waals surface area contributed by atoms with Gasteiger partial charge in [-0.15, -0.1) is 0 Å². The van der Waals surface area contributed by atoms with Crippen LogP contribution in [0.5, 0.6) is 0 Å². The van der Waals surface area contributed by atoms with E-state index in [0.717, 1.165) is 23.7 Å². The standard InChI is InChI=1S/C17H14F2N4OS/c1-11-6-7-20-23(11)14-9-12(8-13(18)10-14)17(24)21-22-25-16-5-3-2-4-15(16)19/h2-10,22H,1H3,(H,21,24). The van der Waals surface area contributed by atoms with Gasteiger partial charge >= 0.3 is 0 Å². The highest BCUT2D eigenvalue weighted by molar-refractivity contribution is 7.97. The minimum absolute atomic E-state index is 0.117. The van der Waals surface area contributed by atoms with Crippen LogP contribution >= 0.6 is 11.9 Å². The largest absolute Gasteiger partial charge is 0.277 e. The number of aryl methyl sites for hydroxylation is 1. The summed E-state index contributed by atoms with van der Waals surface area (Å²) in [6.07, 6.45) is 1.59. The maximum Gasteiger partial charge on any atom is 0.266 e. The number of rotatable bonds is 5. The number of hydrogen-bond acceptors (Lipinski definition) is 4. The van der Waals surface area contributed by atoms with E-state index < -0.39 is 17.5 Å². The molecule has 0 atom stereocenters. The molecule has 1 heterocycles. The zero-order chi connectivity index (χ0) is 17.8. The van der Waals surface area contributed by atoms with Crippen LogP contribution in [0.15, 0.2) is 59.6 Å². The molecule has 0 unspecified atom stereocenters. The zero-order valence-corrected chi connectivity index (χ0v) is 14.0. The first-order chi connectivity index (χ1) is 12.0. The fourth-order valence-electron chi connectivity index (χ4n) is 2.19. The van der Waals surface area contributed by atoms with Gasteiger partial charge in [-0.05, 0) is 55.3 Å². The molecule has 128 valence electrons. The van der Waals surface area contributed by atoms with E-state index in [-0.39, 0.29) is 5.56 Å². The number of amides is 1. The Morgan fingerprint density at radius 1 is 1.16 bits per heavy atom. The van der Waals surface area contributed by atoms with Crippen molar-refractivity contribution in [2.75, 3.05) is 0 Å². The maximum atomic E-state index is 13.9. The quantitative estimate of drug-likeness (QED) is 0.541. The number of hydrogen-bond donors (Lipinski definition) is 2. The third-order valence-electron chi connectivity index (χ3n) is 3.38. The molecule has 0 saturated heterocycles. The van der Waals surface area contributed by atoms with Gasteiger partial charge in [-0.2, -0.15) is 9.93 Å². The summed E-state index contributed by atoms with van der Waals surface area (Å²) in [5.41, 5.74) is 3.77. The number of aromatic nitrogens is 2. The summed E-state index contributed by atoms with van der Waals surface area (Å²) < 4.78 is 28.9. The Kier molecular flexibility index (Phi) is 5.11. The molecule has 3 aromatic rings. The topological polar surface area (TPSA) is 59.0 Å². The Morgan fingerprint density at radius 3 is 2.68 bits per heavy atom. The maximum absolute atomic E-state index is 13.9. The molecule has 5 nitrogen and oxygen atoms in total. The fraction of sp³-hybridized carbons (Fsp3) is 0.0588. The average Bonchev–Trinajstić information content (AvgIpc) is 3.02. The summed E-state index contributed by atoms with van der Waals surface area (Å²) in [4.78, 5) is 15.1. The molecular formula is C17H14F2N4OS. The second-order valence-corrected chi connectivity index (χ2v) is 6.02. The normalized spacial score (nSPS) is 10.7. The lowest BCUT2D eigenvalue weighted by atomic mass is 10.2. The molecule has 2 aromatic carbocycles. The van der Waals surface area contributed by atoms with E-state index in [1.54, 1.807) is 30.5 Å². The van der Waals surface area contributed by atoms with Gasteiger partial charge in [0.05, 0.1) is 10.6 Å². The zero-order valence-electron chi connectivity index (χ0n) is 13.2. The minimum Gasteiger partial charge on any atom is -0.277 e. The molecule has 0 aliphatic rings. The molecule has 0 fully saturated rings. The second kappa shape index (κ2) is 7.45. The third kappa shape index (κ3) is 4.04. The summed E-state index contributed by atoms with van der Waals surface area (Å²) in [5, 5.41) is 4.10. The van der Waals surface area contributed by atoms with Crippen molar-refractivity contribution in [2.24, 2.45) is 0 Å². The van der Waals surface area contributed by atoms with E-state index in [0.29, 0.717) is 10.6 Å². The van der Waals surface area contributed by atoms with Gasteiger partial charge in [0.15, 0.2) is 0 Å². The first-order valence-electron chi connectivity index (χ1n) is 7.33. The van der Waals surface area contributed by atoms with Crippen molar-refractivity contribution in [3.63, 3.8) is 0 Å². The first kappa shape index (κ1) is 17.1. The van der Waals surface area contributed by atoms with Crippen LogP contribution in [0.3, 0.4) is 0 Å². The van der Waals surface area contributed by atoms with Gasteiger partial charge in [0.2, 0.25) is 0 Å². The number of carbonyl (C=O) groups excluding carboxylic acids is 1. The second-order valence-electron chi connectivity index (χ2n) is 5.17. The van der Waals surface area contributed by atoms with E-state index in [9.17, 15) is 13.6 Å². The van der Waals surface area contributed by atoms with Crippen LogP contribution < -0.4 is 10.3 Å². The van der Waals surface area contributed by atoms with Crippen molar-refractivity contribution < 1.29 is 13.6 Å². The highest BCUT2D eigenvalue weighted by atomic mass is 32.2. The molecule has 0 saturated carbocycles. The van der Waals surface area contributed by atoms with E-state index in [1.165, 1.54) is 22.9 Å². The predicted octanol–water partition coefficient (Wildman–Crippen LogP) is 3.40. The van der Waals surface area contributed by atoms with Gasteiger partial charge in [-0.25, -0.2) is 13.5 Å². The predicted molar refractivity (Wildman–Crippen MR) is 91.1 cm³/mol. The molecule has 2 N–H and O–H groups in total. The molecule has 1 amide bonds. The van der Waals surface area contributed by atoms with Crippen LogP contribution in [0.2, 0.25) is 0 Å². The molecule has 8 heteroatoms. The van der Waals surface area contributed by atoms with Crippen LogP contribution in [0.1, 0.15) is 16.1 Å². The Bertz CT molecular complexity index is 913. The smallest absolute Gasteiger partial charge is 0.266 e. The minimum atomic E-state index is -0.556. The number of nitrogens with one attached hydrogen (secondary N) is 2. The van der Waals surface area contributed by atoms with Crippen LogP contribution in [-0.2, 0) is 0 Å². The summed E-state index contributed by atoms with van der Waals surface area (Å²) in [5.74, 6) is -1.51. The van der Waals surface area contributed by atoms with Gasteiger partial charge in [0, 0.05) is 17.5 Å². The Labute approximate surface area is 147 Å². The summed E-state index contributed by atoms with van der Waals surface area (Å²) in [6.45, 7) is 1.82. The molecular weight excluding hydrogens is 346 g/mol. The monoisotopic (exact) mass is 360 g/mol. The van der Waals surface area contributed by atoms with Crippen LogP contribution in [0.4, 0.5) is 8.78 Å². The highest BCUT2D eigenvalue weighted by Gasteiger charge is 2.11. The Balaban J connectivity index is 1.71. The average molecular weight is 360 g/mol. The molecule has 25 heavy (non-hydrogen) atoms. The molecule has 0 aliphatic heterocycles. The lowest BCUT2D eigenvalue weighted by Crippen LogP contribution is -2.32. The van der Waals surface area contributed by atoms with Crippen LogP contribution in [0, 0.1) is 18.6 Å². The summed E-state index contributed by atoms with van der Waals surface area (Å²) >= 11 is 0.910. The fourth-order valence-corrected chi connectivity index (χ4v) is 2.76. The molecule has 0 bridgehead atoms. The molecule has 0 aliphatic carbocycles.